The summed E-state index contributed by atoms with van der Waals surface area (Å²) in [5, 5.41) is 3.54. The molecule has 5 nitrogen and oxygen atoms in total. The monoisotopic (exact) mass is 482 g/mol. The molecule has 33 heavy (non-hydrogen) atoms. The number of carbonyl (C=O) groups is 1. The third-order valence-electron chi connectivity index (χ3n) is 6.06. The number of aryl methyl sites for hydroxylation is 2. The molecule has 1 N–H and O–H groups in total. The van der Waals surface area contributed by atoms with Crippen LogP contribution >= 0.6 is 11.6 Å². The number of hydrogen-bond acceptors (Lipinski definition) is 3. The minimum Gasteiger partial charge on any atom is -0.346 e. The summed E-state index contributed by atoms with van der Waals surface area (Å²) in [4.78, 5) is 12.8. The van der Waals surface area contributed by atoms with Crippen molar-refractivity contribution in [3.63, 3.8) is 0 Å². The molecule has 0 saturated heterocycles. The number of hydrogen-bond donors (Lipinski definition) is 1. The molecule has 3 aromatic carbocycles. The summed E-state index contributed by atoms with van der Waals surface area (Å²) in [7, 11) is -3.55. The highest BCUT2D eigenvalue weighted by Crippen LogP contribution is 2.27. The number of carbonyl (C=O) groups excluding carboxylic acids is 1. The Morgan fingerprint density at radius 2 is 1.73 bits per heavy atom. The molecule has 172 valence electrons. The van der Waals surface area contributed by atoms with Gasteiger partial charge in [0.05, 0.1) is 24.5 Å². The lowest BCUT2D eigenvalue weighted by Crippen LogP contribution is -2.30. The van der Waals surface area contributed by atoms with Gasteiger partial charge in [-0.25, -0.2) is 8.42 Å². The van der Waals surface area contributed by atoms with E-state index in [1.807, 2.05) is 13.0 Å². The summed E-state index contributed by atoms with van der Waals surface area (Å²) < 4.78 is 26.2. The number of sulfonamides is 1. The maximum Gasteiger partial charge on any atom is 0.251 e. The van der Waals surface area contributed by atoms with Gasteiger partial charge in [0, 0.05) is 10.6 Å². The third kappa shape index (κ3) is 5.40. The maximum absolute atomic E-state index is 12.8. The Labute approximate surface area is 200 Å². The van der Waals surface area contributed by atoms with Gasteiger partial charge in [-0.3, -0.25) is 9.10 Å². The average molecular weight is 483 g/mol. The van der Waals surface area contributed by atoms with Gasteiger partial charge in [-0.15, -0.1) is 0 Å². The zero-order chi connectivity index (χ0) is 23.6. The summed E-state index contributed by atoms with van der Waals surface area (Å²) in [6.07, 6.45) is 4.57. The fourth-order valence-corrected chi connectivity index (χ4v) is 5.26. The van der Waals surface area contributed by atoms with Crippen molar-refractivity contribution in [1.29, 1.82) is 0 Å². The van der Waals surface area contributed by atoms with Crippen molar-refractivity contribution in [2.75, 3.05) is 10.6 Å². The fourth-order valence-electron chi connectivity index (χ4n) is 4.18. The summed E-state index contributed by atoms with van der Waals surface area (Å²) in [5.41, 5.74) is 5.51. The zero-order valence-electron chi connectivity index (χ0n) is 18.7. The van der Waals surface area contributed by atoms with Crippen LogP contribution in [0.5, 0.6) is 0 Å². The first-order valence-electron chi connectivity index (χ1n) is 11.0. The Balaban J connectivity index is 1.49. The van der Waals surface area contributed by atoms with Crippen LogP contribution in [0.4, 0.5) is 5.69 Å². The molecule has 0 saturated carbocycles. The largest absolute Gasteiger partial charge is 0.346 e. The number of rotatable bonds is 7. The average Bonchev–Trinajstić information content (AvgIpc) is 3.26. The Morgan fingerprint density at radius 3 is 2.42 bits per heavy atom. The molecule has 0 spiro atoms. The Hall–Kier alpha value is -2.83. The lowest BCUT2D eigenvalue weighted by atomic mass is 10.0. The smallest absolute Gasteiger partial charge is 0.251 e. The second-order valence-electron chi connectivity index (χ2n) is 8.48. The van der Waals surface area contributed by atoms with E-state index < -0.39 is 10.0 Å². The molecular formula is C26H27ClN2O3S. The Kier molecular flexibility index (Phi) is 6.77. The van der Waals surface area contributed by atoms with Crippen molar-refractivity contribution in [1.82, 2.24) is 5.32 Å². The van der Waals surface area contributed by atoms with E-state index in [9.17, 15) is 13.2 Å². The van der Waals surface area contributed by atoms with Crippen LogP contribution in [0.15, 0.2) is 66.7 Å². The number of fused-ring (bicyclic) bond motifs is 1. The molecule has 1 aliphatic rings. The first kappa shape index (κ1) is 23.3. The highest BCUT2D eigenvalue weighted by molar-refractivity contribution is 7.92. The van der Waals surface area contributed by atoms with E-state index in [4.69, 9.17) is 11.6 Å². The van der Waals surface area contributed by atoms with Gasteiger partial charge in [0.25, 0.3) is 5.91 Å². The Bertz CT molecular complexity index is 1270. The lowest BCUT2D eigenvalue weighted by molar-refractivity contribution is 0.0940. The molecule has 1 aliphatic carbocycles. The third-order valence-corrected chi connectivity index (χ3v) is 7.57. The molecule has 1 atom stereocenters. The van der Waals surface area contributed by atoms with Crippen molar-refractivity contribution in [3.05, 3.63) is 99.6 Å². The predicted octanol–water partition coefficient (Wildman–Crippen LogP) is 5.29. The molecule has 3 aromatic rings. The van der Waals surface area contributed by atoms with Crippen LogP contribution in [-0.2, 0) is 29.4 Å². The van der Waals surface area contributed by atoms with Crippen LogP contribution in [0.3, 0.4) is 0 Å². The highest BCUT2D eigenvalue weighted by atomic mass is 35.5. The van der Waals surface area contributed by atoms with Gasteiger partial charge in [-0.05, 0) is 78.8 Å². The van der Waals surface area contributed by atoms with Crippen LogP contribution in [-0.4, -0.2) is 20.6 Å². The first-order valence-corrected chi connectivity index (χ1v) is 13.2. The molecule has 0 heterocycles. The molecule has 0 fully saturated rings. The van der Waals surface area contributed by atoms with Gasteiger partial charge >= 0.3 is 0 Å². The van der Waals surface area contributed by atoms with Crippen molar-refractivity contribution in [3.8, 4) is 0 Å². The van der Waals surface area contributed by atoms with Crippen LogP contribution < -0.4 is 9.62 Å². The van der Waals surface area contributed by atoms with Gasteiger partial charge in [0.2, 0.25) is 10.0 Å². The van der Waals surface area contributed by atoms with Gasteiger partial charge in [-0.2, -0.15) is 0 Å². The number of halogens is 1. The van der Waals surface area contributed by atoms with Crippen LogP contribution in [0, 0.1) is 0 Å². The fraction of sp³-hybridized carbons (Fsp3) is 0.269. The lowest BCUT2D eigenvalue weighted by Gasteiger charge is -2.23. The van der Waals surface area contributed by atoms with Gasteiger partial charge in [0.15, 0.2) is 0 Å². The maximum atomic E-state index is 12.8. The minimum absolute atomic E-state index is 0.111. The van der Waals surface area contributed by atoms with Gasteiger partial charge < -0.3 is 5.32 Å². The number of amides is 1. The molecule has 0 unspecified atom stereocenters. The van der Waals surface area contributed by atoms with E-state index in [0.717, 1.165) is 24.7 Å². The summed E-state index contributed by atoms with van der Waals surface area (Å²) >= 11 is 6.23. The molecule has 7 heteroatoms. The molecule has 0 bridgehead atoms. The zero-order valence-corrected chi connectivity index (χ0v) is 20.3. The second-order valence-corrected chi connectivity index (χ2v) is 10.8. The van der Waals surface area contributed by atoms with Crippen molar-refractivity contribution >= 4 is 33.2 Å². The van der Waals surface area contributed by atoms with Crippen molar-refractivity contribution in [2.45, 2.75) is 38.8 Å². The van der Waals surface area contributed by atoms with Crippen molar-refractivity contribution in [2.24, 2.45) is 0 Å². The predicted molar refractivity (Wildman–Crippen MR) is 133 cm³/mol. The quantitative estimate of drug-likeness (QED) is 0.497. The molecule has 4 rings (SSSR count). The van der Waals surface area contributed by atoms with Crippen LogP contribution in [0.2, 0.25) is 5.02 Å². The Morgan fingerprint density at radius 1 is 1.03 bits per heavy atom. The van der Waals surface area contributed by atoms with E-state index in [0.29, 0.717) is 21.8 Å². The number of anilines is 1. The number of nitrogens with zero attached hydrogens (tertiary/aromatic N) is 1. The van der Waals surface area contributed by atoms with E-state index in [1.54, 1.807) is 42.5 Å². The minimum atomic E-state index is -3.55. The van der Waals surface area contributed by atoms with Crippen LogP contribution in [0.1, 0.15) is 52.0 Å². The molecular weight excluding hydrogens is 456 g/mol. The number of benzene rings is 3. The summed E-state index contributed by atoms with van der Waals surface area (Å²) in [6.45, 7) is 2.08. The van der Waals surface area contributed by atoms with E-state index >= 15 is 0 Å². The van der Waals surface area contributed by atoms with Gasteiger partial charge in [0.1, 0.15) is 0 Å². The molecule has 0 aliphatic heterocycles. The number of nitrogens with one attached hydrogen (secondary N) is 1. The highest BCUT2D eigenvalue weighted by Gasteiger charge is 2.20. The van der Waals surface area contributed by atoms with E-state index in [1.165, 1.54) is 21.9 Å². The molecule has 1 amide bonds. The van der Waals surface area contributed by atoms with Gasteiger partial charge in [-0.1, -0.05) is 48.0 Å². The van der Waals surface area contributed by atoms with E-state index in [-0.39, 0.29) is 18.5 Å². The molecule has 0 radical (unpaired) electrons. The summed E-state index contributed by atoms with van der Waals surface area (Å²) in [6, 6.07) is 20.0. The SMILES string of the molecule is C[C@@H](NC(=O)c1ccc(N(Cc2ccccc2Cl)S(C)(=O)=O)cc1)c1ccc2c(c1)CCC2. The van der Waals surface area contributed by atoms with Crippen LogP contribution in [0.25, 0.3) is 0 Å². The normalized spacial score (nSPS) is 13.9. The topological polar surface area (TPSA) is 66.5 Å². The van der Waals surface area contributed by atoms with Crippen molar-refractivity contribution < 1.29 is 13.2 Å². The summed E-state index contributed by atoms with van der Waals surface area (Å²) in [5.74, 6) is -0.202. The van der Waals surface area contributed by atoms with E-state index in [2.05, 4.69) is 23.5 Å². The second kappa shape index (κ2) is 9.57. The first-order chi connectivity index (χ1) is 15.7. The standard InChI is InChI=1S/C26H27ClN2O3S/c1-18(21-11-10-19-7-5-8-22(19)16-21)28-26(30)20-12-14-24(15-13-20)29(33(2,31)32)17-23-6-3-4-9-25(23)27/h3-4,6,9-16,18H,5,7-8,17H2,1-2H3,(H,28,30)/t18-/m1/s1. The molecule has 0 aromatic heterocycles.